The molecule has 1 atom stereocenters. The number of rotatable bonds is 5. The molecule has 0 spiro atoms. The zero-order valence-corrected chi connectivity index (χ0v) is 11.3. The van der Waals surface area contributed by atoms with Crippen molar-refractivity contribution in [1.82, 2.24) is 24.8 Å². The van der Waals surface area contributed by atoms with Gasteiger partial charge < -0.3 is 26.0 Å². The van der Waals surface area contributed by atoms with Crippen LogP contribution < -0.4 is 11.1 Å². The van der Waals surface area contributed by atoms with Gasteiger partial charge in [0.1, 0.15) is 5.52 Å². The van der Waals surface area contributed by atoms with Crippen LogP contribution in [0, 0.1) is 0 Å². The molecule has 0 fully saturated rings. The number of nitrogen functional groups attached to an aromatic ring is 1. The molecule has 2 aromatic heterocycles. The normalized spacial score (nSPS) is 14.8. The van der Waals surface area contributed by atoms with Gasteiger partial charge in [0.2, 0.25) is 5.95 Å². The summed E-state index contributed by atoms with van der Waals surface area (Å²) < 4.78 is 0. The summed E-state index contributed by atoms with van der Waals surface area (Å²) in [6, 6.07) is 0. The van der Waals surface area contributed by atoms with Gasteiger partial charge in [-0.05, 0) is 21.0 Å². The molecule has 0 aliphatic rings. The minimum Gasteiger partial charge on any atom is -0.387 e. The molecule has 8 heteroatoms. The van der Waals surface area contributed by atoms with Gasteiger partial charge in [-0.2, -0.15) is 9.97 Å². The van der Waals surface area contributed by atoms with Crippen molar-refractivity contribution in [1.29, 1.82) is 0 Å². The van der Waals surface area contributed by atoms with E-state index in [4.69, 9.17) is 5.73 Å². The van der Waals surface area contributed by atoms with E-state index >= 15 is 0 Å². The predicted octanol–water partition coefficient (Wildman–Crippen LogP) is -0.340. The first-order valence-corrected chi connectivity index (χ1v) is 5.95. The highest BCUT2D eigenvalue weighted by molar-refractivity contribution is 5.83. The van der Waals surface area contributed by atoms with E-state index < -0.39 is 5.60 Å². The number of aliphatic hydroxyl groups is 1. The maximum absolute atomic E-state index is 10.2. The number of nitrogens with one attached hydrogen (secondary N) is 2. The Morgan fingerprint density at radius 3 is 2.89 bits per heavy atom. The van der Waals surface area contributed by atoms with Crippen LogP contribution in [-0.2, 0) is 0 Å². The minimum absolute atomic E-state index is 0.148. The molecule has 1 unspecified atom stereocenters. The van der Waals surface area contributed by atoms with E-state index in [0.29, 0.717) is 30.1 Å². The van der Waals surface area contributed by atoms with Crippen molar-refractivity contribution < 1.29 is 5.11 Å². The van der Waals surface area contributed by atoms with Gasteiger partial charge in [0.05, 0.1) is 11.9 Å². The number of aromatic amines is 1. The Morgan fingerprint density at radius 2 is 2.21 bits per heavy atom. The summed E-state index contributed by atoms with van der Waals surface area (Å²) in [5.41, 5.74) is 5.92. The van der Waals surface area contributed by atoms with Gasteiger partial charge in [-0.1, -0.05) is 0 Å². The molecule has 0 aliphatic heterocycles. The molecule has 0 radical (unpaired) electrons. The van der Waals surface area contributed by atoms with Crippen LogP contribution in [0.4, 0.5) is 11.8 Å². The largest absolute Gasteiger partial charge is 0.387 e. The number of hydrogen-bond donors (Lipinski definition) is 4. The van der Waals surface area contributed by atoms with E-state index in [2.05, 4.69) is 25.3 Å². The molecule has 2 heterocycles. The summed E-state index contributed by atoms with van der Waals surface area (Å²) in [6.45, 7) is 2.64. The molecular weight excluding hydrogens is 246 g/mol. The molecule has 0 aromatic carbocycles. The maximum atomic E-state index is 10.2. The summed E-state index contributed by atoms with van der Waals surface area (Å²) in [5.74, 6) is 0.688. The van der Waals surface area contributed by atoms with Crippen LogP contribution in [0.15, 0.2) is 6.33 Å². The SMILES string of the molecule is CN(C)CC(C)(O)CNc1nc(N)nc2nc[nH]c12. The summed E-state index contributed by atoms with van der Waals surface area (Å²) in [5, 5.41) is 13.3. The Hall–Kier alpha value is -1.93. The first-order chi connectivity index (χ1) is 8.87. The van der Waals surface area contributed by atoms with Gasteiger partial charge >= 0.3 is 0 Å². The molecule has 0 aliphatic carbocycles. The number of fused-ring (bicyclic) bond motifs is 1. The first kappa shape index (κ1) is 13.5. The number of aromatic nitrogens is 4. The smallest absolute Gasteiger partial charge is 0.224 e. The summed E-state index contributed by atoms with van der Waals surface area (Å²) in [4.78, 5) is 17.0. The van der Waals surface area contributed by atoms with Crippen molar-refractivity contribution in [2.45, 2.75) is 12.5 Å². The van der Waals surface area contributed by atoms with Crippen LogP contribution in [0.1, 0.15) is 6.92 Å². The first-order valence-electron chi connectivity index (χ1n) is 5.95. The van der Waals surface area contributed by atoms with Gasteiger partial charge in [0, 0.05) is 13.1 Å². The topological polar surface area (TPSA) is 116 Å². The fourth-order valence-corrected chi connectivity index (χ4v) is 1.99. The molecule has 19 heavy (non-hydrogen) atoms. The summed E-state index contributed by atoms with van der Waals surface area (Å²) in [7, 11) is 3.81. The summed E-state index contributed by atoms with van der Waals surface area (Å²) in [6.07, 6.45) is 1.53. The highest BCUT2D eigenvalue weighted by Crippen LogP contribution is 2.18. The fourth-order valence-electron chi connectivity index (χ4n) is 1.99. The molecule has 104 valence electrons. The Kier molecular flexibility index (Phi) is 3.54. The van der Waals surface area contributed by atoms with Gasteiger partial charge in [0.15, 0.2) is 11.5 Å². The quantitative estimate of drug-likeness (QED) is 0.584. The average molecular weight is 265 g/mol. The lowest BCUT2D eigenvalue weighted by Crippen LogP contribution is -2.43. The van der Waals surface area contributed by atoms with E-state index in [1.165, 1.54) is 6.33 Å². The van der Waals surface area contributed by atoms with Crippen molar-refractivity contribution in [3.05, 3.63) is 6.33 Å². The molecule has 0 amide bonds. The van der Waals surface area contributed by atoms with Gasteiger partial charge in [-0.25, -0.2) is 4.98 Å². The number of nitrogens with zero attached hydrogens (tertiary/aromatic N) is 4. The van der Waals surface area contributed by atoms with Crippen LogP contribution in [0.5, 0.6) is 0 Å². The van der Waals surface area contributed by atoms with Crippen LogP contribution >= 0.6 is 0 Å². The maximum Gasteiger partial charge on any atom is 0.224 e. The Balaban J connectivity index is 2.15. The van der Waals surface area contributed by atoms with Crippen molar-refractivity contribution in [2.75, 3.05) is 38.2 Å². The third-order valence-electron chi connectivity index (χ3n) is 2.60. The monoisotopic (exact) mass is 265 g/mol. The van der Waals surface area contributed by atoms with E-state index in [1.807, 2.05) is 19.0 Å². The molecule has 2 aromatic rings. The van der Waals surface area contributed by atoms with Gasteiger partial charge in [-0.15, -0.1) is 0 Å². The third-order valence-corrected chi connectivity index (χ3v) is 2.60. The lowest BCUT2D eigenvalue weighted by atomic mass is 10.1. The Morgan fingerprint density at radius 1 is 1.47 bits per heavy atom. The molecule has 0 bridgehead atoms. The Labute approximate surface area is 111 Å². The van der Waals surface area contributed by atoms with Crippen molar-refractivity contribution in [3.63, 3.8) is 0 Å². The van der Waals surface area contributed by atoms with Crippen LogP contribution in [0.25, 0.3) is 11.2 Å². The van der Waals surface area contributed by atoms with E-state index in [9.17, 15) is 5.11 Å². The summed E-state index contributed by atoms with van der Waals surface area (Å²) >= 11 is 0. The second-order valence-corrected chi connectivity index (χ2v) is 5.12. The second-order valence-electron chi connectivity index (χ2n) is 5.12. The van der Waals surface area contributed by atoms with E-state index in [-0.39, 0.29) is 5.95 Å². The molecule has 0 saturated heterocycles. The highest BCUT2D eigenvalue weighted by Gasteiger charge is 2.22. The minimum atomic E-state index is -0.879. The molecule has 2 rings (SSSR count). The molecule has 0 saturated carbocycles. The molecular formula is C11H19N7O. The molecule has 5 N–H and O–H groups in total. The standard InChI is InChI=1S/C11H19N7O/c1-11(19,5-18(2)3)4-13-8-7-9(15-6-14-7)17-10(12)16-8/h6,19H,4-5H2,1-3H3,(H4,12,13,14,15,16,17). The van der Waals surface area contributed by atoms with Crippen molar-refractivity contribution in [3.8, 4) is 0 Å². The zero-order chi connectivity index (χ0) is 14.0. The lowest BCUT2D eigenvalue weighted by Gasteiger charge is -2.27. The number of likely N-dealkylation sites (N-methyl/N-ethyl adjacent to an activating group) is 1. The van der Waals surface area contributed by atoms with Crippen LogP contribution in [-0.4, -0.2) is 62.7 Å². The second kappa shape index (κ2) is 4.98. The lowest BCUT2D eigenvalue weighted by molar-refractivity contribution is 0.0459. The number of imidazole rings is 1. The number of nitrogens with two attached hydrogens (primary N) is 1. The van der Waals surface area contributed by atoms with E-state index in [0.717, 1.165) is 0 Å². The number of hydrogen-bond acceptors (Lipinski definition) is 7. The van der Waals surface area contributed by atoms with Crippen molar-refractivity contribution in [2.24, 2.45) is 0 Å². The van der Waals surface area contributed by atoms with Crippen LogP contribution in [0.3, 0.4) is 0 Å². The van der Waals surface area contributed by atoms with Gasteiger partial charge in [0.25, 0.3) is 0 Å². The predicted molar refractivity (Wildman–Crippen MR) is 73.8 cm³/mol. The third kappa shape index (κ3) is 3.30. The van der Waals surface area contributed by atoms with Crippen molar-refractivity contribution >= 4 is 22.9 Å². The molecule has 8 nitrogen and oxygen atoms in total. The highest BCUT2D eigenvalue weighted by atomic mass is 16.3. The van der Waals surface area contributed by atoms with Gasteiger partial charge in [-0.3, -0.25) is 0 Å². The number of anilines is 2. The van der Waals surface area contributed by atoms with E-state index in [1.54, 1.807) is 6.92 Å². The fraction of sp³-hybridized carbons (Fsp3) is 0.545. The number of H-pyrrole nitrogens is 1. The Bertz CT molecular complexity index is 563. The van der Waals surface area contributed by atoms with Crippen LogP contribution in [0.2, 0.25) is 0 Å². The zero-order valence-electron chi connectivity index (χ0n) is 11.3. The average Bonchev–Trinajstić information content (AvgIpc) is 2.71.